The van der Waals surface area contributed by atoms with Gasteiger partial charge >= 0.3 is 0 Å². The van der Waals surface area contributed by atoms with Crippen LogP contribution in [0.2, 0.25) is 0 Å². The number of carbonyl (C=O) groups excluding carboxylic acids is 2. The first-order valence-corrected chi connectivity index (χ1v) is 14.4. The van der Waals surface area contributed by atoms with Gasteiger partial charge in [-0.3, -0.25) is 9.59 Å². The van der Waals surface area contributed by atoms with Crippen molar-refractivity contribution in [1.82, 2.24) is 19.4 Å². The fourth-order valence-corrected chi connectivity index (χ4v) is 5.43. The standard InChI is InChI=1S/C30H44N4O4/c1-4-32-17-11-7-5-6-8-12-20-37-26-21-34(28(35)15-18-33-19-16-31-29(33)23(2)3)22-27(26)38-25-14-10-9-13-24(25)30(32)36/h9-10,13-14,16,19,23,26-27H,4-8,11-12,15,17-18,20-22H2,1-3H3/t26-,27-/m1/s1. The molecular weight excluding hydrogens is 480 g/mol. The lowest BCUT2D eigenvalue weighted by atomic mass is 10.1. The SMILES string of the molecule is CCN1CCCCCCCCO[C@@H]2CN(C(=O)CCn3ccnc3C(C)C)C[C@H]2Oc2ccccc2C1=O. The van der Waals surface area contributed by atoms with Crippen molar-refractivity contribution in [1.29, 1.82) is 0 Å². The molecule has 8 nitrogen and oxygen atoms in total. The Kier molecular flexibility index (Phi) is 10.2. The molecule has 8 heteroatoms. The van der Waals surface area contributed by atoms with Crippen LogP contribution in [0.15, 0.2) is 36.7 Å². The Morgan fingerprint density at radius 1 is 1.05 bits per heavy atom. The second-order valence-electron chi connectivity index (χ2n) is 10.8. The van der Waals surface area contributed by atoms with Crippen LogP contribution in [0.1, 0.15) is 87.8 Å². The number of aryl methyl sites for hydroxylation is 1. The van der Waals surface area contributed by atoms with Gasteiger partial charge in [0.05, 0.1) is 18.7 Å². The first kappa shape index (κ1) is 28.1. The van der Waals surface area contributed by atoms with Crippen LogP contribution in [0, 0.1) is 0 Å². The monoisotopic (exact) mass is 524 g/mol. The van der Waals surface area contributed by atoms with E-state index in [0.29, 0.717) is 56.4 Å². The number of amides is 2. The van der Waals surface area contributed by atoms with Gasteiger partial charge in [-0.2, -0.15) is 0 Å². The summed E-state index contributed by atoms with van der Waals surface area (Å²) in [6, 6.07) is 7.48. The van der Waals surface area contributed by atoms with E-state index in [1.165, 1.54) is 12.8 Å². The molecule has 0 saturated carbocycles. The van der Waals surface area contributed by atoms with E-state index in [0.717, 1.165) is 38.1 Å². The summed E-state index contributed by atoms with van der Waals surface area (Å²) in [6.45, 7) is 9.88. The molecule has 0 spiro atoms. The minimum Gasteiger partial charge on any atom is -0.485 e. The molecule has 2 aliphatic rings. The molecule has 1 aromatic carbocycles. The smallest absolute Gasteiger partial charge is 0.257 e. The molecule has 0 radical (unpaired) electrons. The third-order valence-corrected chi connectivity index (χ3v) is 7.62. The highest BCUT2D eigenvalue weighted by molar-refractivity contribution is 5.97. The number of hydrogen-bond acceptors (Lipinski definition) is 5. The number of benzene rings is 1. The minimum absolute atomic E-state index is 0.000110. The van der Waals surface area contributed by atoms with E-state index in [9.17, 15) is 9.59 Å². The van der Waals surface area contributed by atoms with Crippen molar-refractivity contribution in [2.75, 3.05) is 32.8 Å². The highest BCUT2D eigenvalue weighted by Gasteiger charge is 2.38. The van der Waals surface area contributed by atoms with Gasteiger partial charge in [0.1, 0.15) is 23.8 Å². The third-order valence-electron chi connectivity index (χ3n) is 7.62. The normalized spacial score (nSPS) is 21.7. The van der Waals surface area contributed by atoms with Crippen molar-refractivity contribution in [3.8, 4) is 5.75 Å². The number of hydrogen-bond donors (Lipinski definition) is 0. The van der Waals surface area contributed by atoms with E-state index in [2.05, 4.69) is 23.4 Å². The molecule has 0 unspecified atom stereocenters. The number of rotatable bonds is 5. The van der Waals surface area contributed by atoms with Gasteiger partial charge in [-0.05, 0) is 31.9 Å². The van der Waals surface area contributed by atoms with Gasteiger partial charge in [0, 0.05) is 51.0 Å². The van der Waals surface area contributed by atoms with Crippen molar-refractivity contribution in [2.24, 2.45) is 0 Å². The first-order chi connectivity index (χ1) is 18.5. The number of likely N-dealkylation sites (tertiary alicyclic amines) is 1. The molecule has 2 atom stereocenters. The molecule has 38 heavy (non-hydrogen) atoms. The van der Waals surface area contributed by atoms with Crippen LogP contribution in [0.4, 0.5) is 0 Å². The summed E-state index contributed by atoms with van der Waals surface area (Å²) in [4.78, 5) is 34.9. The van der Waals surface area contributed by atoms with Crippen LogP contribution < -0.4 is 4.74 Å². The molecule has 208 valence electrons. The Balaban J connectivity index is 1.48. The Labute approximate surface area is 227 Å². The number of nitrogens with zero attached hydrogens (tertiary/aromatic N) is 4. The lowest BCUT2D eigenvalue weighted by Crippen LogP contribution is -2.35. The van der Waals surface area contributed by atoms with Crippen LogP contribution >= 0.6 is 0 Å². The van der Waals surface area contributed by atoms with Crippen molar-refractivity contribution in [3.63, 3.8) is 0 Å². The average molecular weight is 525 g/mol. The summed E-state index contributed by atoms with van der Waals surface area (Å²) in [5.41, 5.74) is 0.575. The molecule has 1 saturated heterocycles. The maximum absolute atomic E-state index is 13.4. The van der Waals surface area contributed by atoms with Crippen molar-refractivity contribution in [3.05, 3.63) is 48.0 Å². The van der Waals surface area contributed by atoms with E-state index in [1.54, 1.807) is 6.20 Å². The predicted molar refractivity (Wildman–Crippen MR) is 147 cm³/mol. The highest BCUT2D eigenvalue weighted by atomic mass is 16.5. The van der Waals surface area contributed by atoms with Gasteiger partial charge in [0.15, 0.2) is 0 Å². The maximum atomic E-state index is 13.4. The second kappa shape index (κ2) is 13.8. The lowest BCUT2D eigenvalue weighted by Gasteiger charge is -2.25. The Morgan fingerprint density at radius 3 is 2.58 bits per heavy atom. The molecule has 2 amide bonds. The fourth-order valence-electron chi connectivity index (χ4n) is 5.43. The van der Waals surface area contributed by atoms with E-state index < -0.39 is 0 Å². The molecule has 4 rings (SSSR count). The Hall–Kier alpha value is -2.87. The lowest BCUT2D eigenvalue weighted by molar-refractivity contribution is -0.131. The number of aromatic nitrogens is 2. The molecule has 1 aromatic heterocycles. The number of imidazole rings is 1. The van der Waals surface area contributed by atoms with Crippen LogP contribution in [-0.4, -0.2) is 76.2 Å². The summed E-state index contributed by atoms with van der Waals surface area (Å²) in [7, 11) is 0. The van der Waals surface area contributed by atoms with E-state index in [4.69, 9.17) is 9.47 Å². The Morgan fingerprint density at radius 2 is 1.79 bits per heavy atom. The molecule has 2 aliphatic heterocycles. The number of ether oxygens (including phenoxy) is 2. The van der Waals surface area contributed by atoms with Crippen molar-refractivity contribution in [2.45, 2.75) is 90.4 Å². The summed E-state index contributed by atoms with van der Waals surface area (Å²) >= 11 is 0. The minimum atomic E-state index is -0.324. The van der Waals surface area contributed by atoms with Crippen LogP contribution in [0.5, 0.6) is 5.75 Å². The van der Waals surface area contributed by atoms with E-state index >= 15 is 0 Å². The van der Waals surface area contributed by atoms with Gasteiger partial charge in [-0.1, -0.05) is 51.7 Å². The zero-order chi connectivity index (χ0) is 26.9. The van der Waals surface area contributed by atoms with Gasteiger partial charge in [-0.25, -0.2) is 4.98 Å². The molecule has 0 aliphatic carbocycles. The van der Waals surface area contributed by atoms with Crippen LogP contribution in [0.3, 0.4) is 0 Å². The summed E-state index contributed by atoms with van der Waals surface area (Å²) in [5.74, 6) is 1.95. The van der Waals surface area contributed by atoms with Crippen molar-refractivity contribution >= 4 is 11.8 Å². The molecule has 3 heterocycles. The van der Waals surface area contributed by atoms with E-state index in [1.807, 2.05) is 47.2 Å². The zero-order valence-corrected chi connectivity index (χ0v) is 23.3. The zero-order valence-electron chi connectivity index (χ0n) is 23.3. The summed E-state index contributed by atoms with van der Waals surface area (Å²) in [5, 5.41) is 0. The fraction of sp³-hybridized carbons (Fsp3) is 0.633. The second-order valence-corrected chi connectivity index (χ2v) is 10.8. The number of carbonyl (C=O) groups is 2. The molecule has 0 bridgehead atoms. The predicted octanol–water partition coefficient (Wildman–Crippen LogP) is 4.89. The topological polar surface area (TPSA) is 76.9 Å². The first-order valence-electron chi connectivity index (χ1n) is 14.4. The maximum Gasteiger partial charge on any atom is 0.257 e. The molecule has 0 N–H and O–H groups in total. The summed E-state index contributed by atoms with van der Waals surface area (Å²) < 4.78 is 14.9. The molecule has 2 aromatic rings. The number of fused-ring (bicyclic) bond motifs is 2. The Bertz CT molecular complexity index is 1050. The molecule has 1 fully saturated rings. The summed E-state index contributed by atoms with van der Waals surface area (Å²) in [6.07, 6.45) is 10.2. The van der Waals surface area contributed by atoms with Gasteiger partial charge in [-0.15, -0.1) is 0 Å². The highest BCUT2D eigenvalue weighted by Crippen LogP contribution is 2.27. The third kappa shape index (κ3) is 7.16. The van der Waals surface area contributed by atoms with Gasteiger partial charge in [0.2, 0.25) is 5.91 Å². The van der Waals surface area contributed by atoms with Crippen LogP contribution in [-0.2, 0) is 16.1 Å². The van der Waals surface area contributed by atoms with Crippen molar-refractivity contribution < 1.29 is 19.1 Å². The average Bonchev–Trinajstić information content (AvgIpc) is 3.55. The largest absolute Gasteiger partial charge is 0.485 e. The van der Waals surface area contributed by atoms with E-state index in [-0.39, 0.29) is 24.0 Å². The van der Waals surface area contributed by atoms with Gasteiger partial charge < -0.3 is 23.8 Å². The van der Waals surface area contributed by atoms with Gasteiger partial charge in [0.25, 0.3) is 5.91 Å². The molecular formula is C30H44N4O4. The van der Waals surface area contributed by atoms with Crippen LogP contribution in [0.25, 0.3) is 0 Å². The quantitative estimate of drug-likeness (QED) is 0.557. The number of para-hydroxylation sites is 1.